The van der Waals surface area contributed by atoms with E-state index < -0.39 is 10.0 Å². The molecule has 0 aromatic carbocycles. The van der Waals surface area contributed by atoms with Gasteiger partial charge in [0.15, 0.2) is 0 Å². The van der Waals surface area contributed by atoms with Crippen molar-refractivity contribution in [1.82, 2.24) is 9.29 Å². The van der Waals surface area contributed by atoms with Gasteiger partial charge in [0.05, 0.1) is 0 Å². The van der Waals surface area contributed by atoms with Gasteiger partial charge in [-0.25, -0.2) is 17.7 Å². The second kappa shape index (κ2) is 6.07. The van der Waals surface area contributed by atoms with E-state index in [0.29, 0.717) is 24.3 Å². The summed E-state index contributed by atoms with van der Waals surface area (Å²) >= 11 is 0. The number of hydrogen-bond acceptors (Lipinski definition) is 5. The van der Waals surface area contributed by atoms with Gasteiger partial charge in [-0.05, 0) is 37.4 Å². The molecule has 0 aliphatic heterocycles. The van der Waals surface area contributed by atoms with E-state index in [-0.39, 0.29) is 4.90 Å². The van der Waals surface area contributed by atoms with Crippen LogP contribution in [0.5, 0.6) is 0 Å². The molecule has 0 amide bonds. The molecule has 1 heterocycles. The first-order chi connectivity index (χ1) is 9.45. The Balaban J connectivity index is 2.09. The van der Waals surface area contributed by atoms with Crippen molar-refractivity contribution >= 4 is 15.8 Å². The Kier molecular flexibility index (Phi) is 4.62. The fourth-order valence-electron chi connectivity index (χ4n) is 2.53. The van der Waals surface area contributed by atoms with Gasteiger partial charge in [-0.1, -0.05) is 6.42 Å². The quantitative estimate of drug-likeness (QED) is 0.842. The molecular weight excluding hydrogens is 276 g/mol. The van der Waals surface area contributed by atoms with Crippen LogP contribution >= 0.6 is 0 Å². The largest absolute Gasteiger partial charge is 0.367 e. The van der Waals surface area contributed by atoms with Gasteiger partial charge in [0.1, 0.15) is 10.7 Å². The first kappa shape index (κ1) is 15.2. The van der Waals surface area contributed by atoms with Crippen molar-refractivity contribution in [3.8, 4) is 0 Å². The highest BCUT2D eigenvalue weighted by atomic mass is 32.2. The third-order valence-electron chi connectivity index (χ3n) is 3.81. The average molecular weight is 298 g/mol. The SMILES string of the molecule is CN(C)S(=O)(=O)c1ccc(NC2CCCC2CN)nc1. The van der Waals surface area contributed by atoms with Gasteiger partial charge < -0.3 is 11.1 Å². The second-order valence-electron chi connectivity index (χ2n) is 5.34. The van der Waals surface area contributed by atoms with Crippen LogP contribution in [0.25, 0.3) is 0 Å². The van der Waals surface area contributed by atoms with Crippen molar-refractivity contribution in [2.45, 2.75) is 30.2 Å². The maximum atomic E-state index is 11.9. The Morgan fingerprint density at radius 1 is 1.40 bits per heavy atom. The molecule has 0 radical (unpaired) electrons. The van der Waals surface area contributed by atoms with Crippen LogP contribution in [0.3, 0.4) is 0 Å². The molecule has 1 aliphatic rings. The fourth-order valence-corrected chi connectivity index (χ4v) is 3.38. The van der Waals surface area contributed by atoms with E-state index in [9.17, 15) is 8.42 Å². The number of nitrogens with two attached hydrogens (primary N) is 1. The molecule has 6 nitrogen and oxygen atoms in total. The number of nitrogens with one attached hydrogen (secondary N) is 1. The molecule has 0 spiro atoms. The van der Waals surface area contributed by atoms with Crippen molar-refractivity contribution in [1.29, 1.82) is 0 Å². The molecule has 0 saturated heterocycles. The van der Waals surface area contributed by atoms with Gasteiger partial charge in [0, 0.05) is 26.3 Å². The summed E-state index contributed by atoms with van der Waals surface area (Å²) in [5, 5.41) is 3.35. The van der Waals surface area contributed by atoms with Crippen LogP contribution in [0, 0.1) is 5.92 Å². The molecule has 2 rings (SSSR count). The second-order valence-corrected chi connectivity index (χ2v) is 7.50. The number of sulfonamides is 1. The maximum absolute atomic E-state index is 11.9. The van der Waals surface area contributed by atoms with Crippen molar-refractivity contribution in [2.24, 2.45) is 11.7 Å². The van der Waals surface area contributed by atoms with E-state index in [2.05, 4.69) is 10.3 Å². The van der Waals surface area contributed by atoms with Crippen LogP contribution in [-0.2, 0) is 10.0 Å². The molecule has 20 heavy (non-hydrogen) atoms. The molecular formula is C13H22N4O2S. The molecule has 0 bridgehead atoms. The number of rotatable bonds is 5. The Morgan fingerprint density at radius 3 is 2.70 bits per heavy atom. The Bertz CT molecular complexity index is 542. The molecule has 7 heteroatoms. The minimum atomic E-state index is -3.41. The summed E-state index contributed by atoms with van der Waals surface area (Å²) in [6, 6.07) is 3.63. The van der Waals surface area contributed by atoms with Crippen LogP contribution in [0.1, 0.15) is 19.3 Å². The number of anilines is 1. The van der Waals surface area contributed by atoms with Gasteiger partial charge in [0.2, 0.25) is 10.0 Å². The lowest BCUT2D eigenvalue weighted by Crippen LogP contribution is -2.29. The summed E-state index contributed by atoms with van der Waals surface area (Å²) in [6.45, 7) is 0.671. The summed E-state index contributed by atoms with van der Waals surface area (Å²) in [4.78, 5) is 4.41. The Morgan fingerprint density at radius 2 is 2.15 bits per heavy atom. The first-order valence-electron chi connectivity index (χ1n) is 6.80. The van der Waals surface area contributed by atoms with Crippen LogP contribution < -0.4 is 11.1 Å². The highest BCUT2D eigenvalue weighted by Gasteiger charge is 2.26. The predicted octanol–water partition coefficient (Wildman–Crippen LogP) is 0.871. The third-order valence-corrected chi connectivity index (χ3v) is 5.61. The Labute approximate surface area is 120 Å². The van der Waals surface area contributed by atoms with Crippen molar-refractivity contribution in [2.75, 3.05) is 26.0 Å². The monoisotopic (exact) mass is 298 g/mol. The molecule has 1 aromatic heterocycles. The predicted molar refractivity (Wildman–Crippen MR) is 78.9 cm³/mol. The highest BCUT2D eigenvalue weighted by molar-refractivity contribution is 7.89. The number of hydrogen-bond donors (Lipinski definition) is 2. The minimum Gasteiger partial charge on any atom is -0.367 e. The summed E-state index contributed by atoms with van der Waals surface area (Å²) in [5.41, 5.74) is 5.75. The molecule has 1 aliphatic carbocycles. The zero-order chi connectivity index (χ0) is 14.8. The molecule has 1 saturated carbocycles. The minimum absolute atomic E-state index is 0.204. The zero-order valence-corrected chi connectivity index (χ0v) is 12.7. The lowest BCUT2D eigenvalue weighted by atomic mass is 10.0. The van der Waals surface area contributed by atoms with Crippen molar-refractivity contribution in [3.63, 3.8) is 0 Å². The molecule has 1 aromatic rings. The van der Waals surface area contributed by atoms with Gasteiger partial charge in [-0.2, -0.15) is 0 Å². The Hall–Kier alpha value is -1.18. The topological polar surface area (TPSA) is 88.3 Å². The van der Waals surface area contributed by atoms with Gasteiger partial charge in [-0.15, -0.1) is 0 Å². The lowest BCUT2D eigenvalue weighted by molar-refractivity contribution is 0.515. The summed E-state index contributed by atoms with van der Waals surface area (Å²) in [7, 11) is -0.402. The maximum Gasteiger partial charge on any atom is 0.244 e. The van der Waals surface area contributed by atoms with E-state index >= 15 is 0 Å². The van der Waals surface area contributed by atoms with E-state index in [1.807, 2.05) is 0 Å². The van der Waals surface area contributed by atoms with Crippen LogP contribution in [0.15, 0.2) is 23.2 Å². The highest BCUT2D eigenvalue weighted by Crippen LogP contribution is 2.27. The molecule has 112 valence electrons. The lowest BCUT2D eigenvalue weighted by Gasteiger charge is -2.20. The normalized spacial score (nSPS) is 23.2. The van der Waals surface area contributed by atoms with Crippen LogP contribution in [0.4, 0.5) is 5.82 Å². The summed E-state index contributed by atoms with van der Waals surface area (Å²) in [6.07, 6.45) is 4.79. The fraction of sp³-hybridized carbons (Fsp3) is 0.615. The van der Waals surface area contributed by atoms with Gasteiger partial charge >= 0.3 is 0 Å². The van der Waals surface area contributed by atoms with Crippen LogP contribution in [0.2, 0.25) is 0 Å². The van der Waals surface area contributed by atoms with E-state index in [0.717, 1.165) is 12.8 Å². The summed E-state index contributed by atoms with van der Waals surface area (Å²) in [5.74, 6) is 1.18. The van der Waals surface area contributed by atoms with E-state index in [1.165, 1.54) is 31.0 Å². The van der Waals surface area contributed by atoms with Crippen molar-refractivity contribution < 1.29 is 8.42 Å². The molecule has 1 fully saturated rings. The van der Waals surface area contributed by atoms with Gasteiger partial charge in [-0.3, -0.25) is 0 Å². The molecule has 2 atom stereocenters. The van der Waals surface area contributed by atoms with E-state index in [1.54, 1.807) is 12.1 Å². The number of pyridine rings is 1. The molecule has 2 unspecified atom stereocenters. The number of nitrogens with zero attached hydrogens (tertiary/aromatic N) is 2. The summed E-state index contributed by atoms with van der Waals surface area (Å²) < 4.78 is 25.0. The van der Waals surface area contributed by atoms with E-state index in [4.69, 9.17) is 5.73 Å². The van der Waals surface area contributed by atoms with Crippen LogP contribution in [-0.4, -0.2) is 44.4 Å². The zero-order valence-electron chi connectivity index (χ0n) is 11.9. The molecule has 3 N–H and O–H groups in total. The standard InChI is InChI=1S/C13H22N4O2S/c1-17(2)20(18,19)11-6-7-13(15-9-11)16-12-5-3-4-10(12)8-14/h6-7,9-10,12H,3-5,8,14H2,1-2H3,(H,15,16). The first-order valence-corrected chi connectivity index (χ1v) is 8.24. The van der Waals surface area contributed by atoms with Gasteiger partial charge in [0.25, 0.3) is 0 Å². The third kappa shape index (κ3) is 3.11. The average Bonchev–Trinajstić information content (AvgIpc) is 2.86. The van der Waals surface area contributed by atoms with Crippen molar-refractivity contribution in [3.05, 3.63) is 18.3 Å². The smallest absolute Gasteiger partial charge is 0.244 e. The number of aromatic nitrogens is 1.